The molecule has 0 radical (unpaired) electrons. The Kier molecular flexibility index (Phi) is 6.84. The minimum absolute atomic E-state index is 0.895. The number of hydrogen-bond acceptors (Lipinski definition) is 2. The van der Waals surface area contributed by atoms with Crippen LogP contribution in [0, 0.1) is 0 Å². The van der Waals surface area contributed by atoms with E-state index in [4.69, 9.17) is 4.74 Å². The normalized spacial score (nSPS) is 11.5. The SMILES string of the molecule is c1ccc(-c2ccc(-c3ccccc3N(c3ccccc3)c3cccc(-c4cc5c6c(cccc6c4)Oc4ccccc4-5)c3)cc2)cc1. The molecule has 8 aromatic carbocycles. The van der Waals surface area contributed by atoms with Gasteiger partial charge in [0.25, 0.3) is 0 Å². The van der Waals surface area contributed by atoms with Crippen molar-refractivity contribution in [2.75, 3.05) is 4.90 Å². The van der Waals surface area contributed by atoms with Gasteiger partial charge in [0.1, 0.15) is 11.5 Å². The van der Waals surface area contributed by atoms with Crippen LogP contribution in [0.3, 0.4) is 0 Å². The molecule has 8 aromatic rings. The van der Waals surface area contributed by atoms with E-state index in [1.165, 1.54) is 38.8 Å². The van der Waals surface area contributed by atoms with Gasteiger partial charge in [-0.2, -0.15) is 0 Å². The molecule has 0 fully saturated rings. The second kappa shape index (κ2) is 11.8. The van der Waals surface area contributed by atoms with E-state index in [0.717, 1.165) is 45.1 Å². The van der Waals surface area contributed by atoms with Crippen molar-refractivity contribution < 1.29 is 4.74 Å². The monoisotopic (exact) mass is 613 g/mol. The van der Waals surface area contributed by atoms with Crippen LogP contribution in [0.25, 0.3) is 55.3 Å². The van der Waals surface area contributed by atoms with Gasteiger partial charge in [-0.25, -0.2) is 0 Å². The average molecular weight is 614 g/mol. The van der Waals surface area contributed by atoms with Crippen molar-refractivity contribution in [3.63, 3.8) is 0 Å². The van der Waals surface area contributed by atoms with Gasteiger partial charge < -0.3 is 9.64 Å². The van der Waals surface area contributed by atoms with Crippen LogP contribution in [0.2, 0.25) is 0 Å². The van der Waals surface area contributed by atoms with Crippen molar-refractivity contribution in [1.29, 1.82) is 0 Å². The van der Waals surface area contributed by atoms with Crippen LogP contribution in [0.4, 0.5) is 17.1 Å². The Hall–Kier alpha value is -6.38. The van der Waals surface area contributed by atoms with E-state index in [2.05, 4.69) is 187 Å². The van der Waals surface area contributed by atoms with Gasteiger partial charge in [0.15, 0.2) is 0 Å². The van der Waals surface area contributed by atoms with Gasteiger partial charge in [-0.05, 0) is 93.4 Å². The van der Waals surface area contributed by atoms with Gasteiger partial charge in [0, 0.05) is 27.9 Å². The third-order valence-corrected chi connectivity index (χ3v) is 9.24. The van der Waals surface area contributed by atoms with Crippen LogP contribution in [-0.4, -0.2) is 0 Å². The fraction of sp³-hybridized carbons (Fsp3) is 0. The van der Waals surface area contributed by atoms with Crippen molar-refractivity contribution in [1.82, 2.24) is 0 Å². The van der Waals surface area contributed by atoms with Gasteiger partial charge in [-0.3, -0.25) is 0 Å². The predicted octanol–water partition coefficient (Wildman–Crippen LogP) is 13.1. The molecule has 0 unspecified atom stereocenters. The van der Waals surface area contributed by atoms with E-state index >= 15 is 0 Å². The molecule has 0 aromatic heterocycles. The summed E-state index contributed by atoms with van der Waals surface area (Å²) in [5.41, 5.74) is 12.8. The van der Waals surface area contributed by atoms with E-state index in [-0.39, 0.29) is 0 Å². The number of hydrogen-bond donors (Lipinski definition) is 0. The lowest BCUT2D eigenvalue weighted by Gasteiger charge is -2.28. The summed E-state index contributed by atoms with van der Waals surface area (Å²) in [4.78, 5) is 2.37. The maximum Gasteiger partial charge on any atom is 0.135 e. The molecule has 0 amide bonds. The number of benzene rings is 8. The van der Waals surface area contributed by atoms with E-state index in [9.17, 15) is 0 Å². The lowest BCUT2D eigenvalue weighted by Crippen LogP contribution is -2.11. The van der Waals surface area contributed by atoms with Crippen molar-refractivity contribution in [2.24, 2.45) is 0 Å². The molecule has 1 aliphatic heterocycles. The van der Waals surface area contributed by atoms with E-state index in [1.807, 2.05) is 6.07 Å². The number of anilines is 3. The van der Waals surface area contributed by atoms with E-state index < -0.39 is 0 Å². The second-order valence-corrected chi connectivity index (χ2v) is 12.2. The Bertz CT molecular complexity index is 2410. The first-order valence-electron chi connectivity index (χ1n) is 16.3. The standard InChI is InChI=1S/C46H31NO/c1-3-13-32(14-4-1)33-25-27-34(28-26-33)40-20-7-9-22-43(40)47(38-17-5-2-6-18-38)39-19-11-15-35(30-39)37-29-36-16-12-24-45-46(36)42(31-37)41-21-8-10-23-44(41)48-45/h1-31H. The minimum Gasteiger partial charge on any atom is -0.456 e. The number of nitrogens with zero attached hydrogens (tertiary/aromatic N) is 1. The summed E-state index contributed by atoms with van der Waals surface area (Å²) in [7, 11) is 0. The molecule has 0 aliphatic carbocycles. The third kappa shape index (κ3) is 4.92. The lowest BCUT2D eigenvalue weighted by molar-refractivity contribution is 0.487. The number of para-hydroxylation sites is 3. The molecule has 0 saturated carbocycles. The maximum absolute atomic E-state index is 6.31. The Morgan fingerprint density at radius 1 is 0.333 bits per heavy atom. The zero-order chi connectivity index (χ0) is 31.9. The summed E-state index contributed by atoms with van der Waals surface area (Å²) in [5, 5.41) is 2.33. The highest BCUT2D eigenvalue weighted by Crippen LogP contribution is 2.48. The van der Waals surface area contributed by atoms with Crippen LogP contribution in [0.1, 0.15) is 0 Å². The molecule has 0 saturated heterocycles. The highest BCUT2D eigenvalue weighted by Gasteiger charge is 2.22. The Labute approximate surface area is 280 Å². The molecular formula is C46H31NO. The zero-order valence-corrected chi connectivity index (χ0v) is 26.3. The van der Waals surface area contributed by atoms with Crippen LogP contribution in [-0.2, 0) is 0 Å². The maximum atomic E-state index is 6.31. The average Bonchev–Trinajstić information content (AvgIpc) is 3.16. The van der Waals surface area contributed by atoms with Crippen molar-refractivity contribution in [3.05, 3.63) is 188 Å². The highest BCUT2D eigenvalue weighted by molar-refractivity contribution is 6.06. The quantitative estimate of drug-likeness (QED) is 0.185. The van der Waals surface area contributed by atoms with Crippen LogP contribution >= 0.6 is 0 Å². The predicted molar refractivity (Wildman–Crippen MR) is 200 cm³/mol. The van der Waals surface area contributed by atoms with Crippen LogP contribution in [0.15, 0.2) is 188 Å². The second-order valence-electron chi connectivity index (χ2n) is 12.2. The molecule has 9 rings (SSSR count). The van der Waals surface area contributed by atoms with Crippen molar-refractivity contribution in [3.8, 4) is 56.0 Å². The summed E-state index contributed by atoms with van der Waals surface area (Å²) in [6.07, 6.45) is 0. The van der Waals surface area contributed by atoms with Crippen LogP contribution in [0.5, 0.6) is 11.5 Å². The molecular weight excluding hydrogens is 583 g/mol. The van der Waals surface area contributed by atoms with Gasteiger partial charge in [-0.15, -0.1) is 0 Å². The summed E-state index contributed by atoms with van der Waals surface area (Å²) >= 11 is 0. The molecule has 2 heteroatoms. The Balaban J connectivity index is 1.18. The van der Waals surface area contributed by atoms with Gasteiger partial charge in [-0.1, -0.05) is 133 Å². The molecule has 0 atom stereocenters. The van der Waals surface area contributed by atoms with Crippen LogP contribution < -0.4 is 9.64 Å². The number of ether oxygens (including phenoxy) is 1. The smallest absolute Gasteiger partial charge is 0.135 e. The van der Waals surface area contributed by atoms with Gasteiger partial charge >= 0.3 is 0 Å². The van der Waals surface area contributed by atoms with Gasteiger partial charge in [0.05, 0.1) is 5.69 Å². The summed E-state index contributed by atoms with van der Waals surface area (Å²) in [6.45, 7) is 0. The molecule has 1 heterocycles. The molecule has 0 bridgehead atoms. The topological polar surface area (TPSA) is 12.5 Å². The van der Waals surface area contributed by atoms with Gasteiger partial charge in [0.2, 0.25) is 0 Å². The lowest BCUT2D eigenvalue weighted by atomic mass is 9.90. The van der Waals surface area contributed by atoms with E-state index in [1.54, 1.807) is 0 Å². The molecule has 1 aliphatic rings. The fourth-order valence-electron chi connectivity index (χ4n) is 6.97. The first-order valence-corrected chi connectivity index (χ1v) is 16.3. The molecule has 2 nitrogen and oxygen atoms in total. The van der Waals surface area contributed by atoms with Crippen molar-refractivity contribution in [2.45, 2.75) is 0 Å². The molecule has 226 valence electrons. The first kappa shape index (κ1) is 27.9. The fourth-order valence-corrected chi connectivity index (χ4v) is 6.97. The molecule has 0 N–H and O–H groups in total. The summed E-state index contributed by atoms with van der Waals surface area (Å²) in [6, 6.07) is 66.9. The minimum atomic E-state index is 0.895. The van der Waals surface area contributed by atoms with E-state index in [0.29, 0.717) is 0 Å². The molecule has 48 heavy (non-hydrogen) atoms. The first-order chi connectivity index (χ1) is 23.8. The highest BCUT2D eigenvalue weighted by atomic mass is 16.5. The Morgan fingerprint density at radius 3 is 1.77 bits per heavy atom. The summed E-state index contributed by atoms with van der Waals surface area (Å²) < 4.78 is 6.31. The Morgan fingerprint density at radius 2 is 0.938 bits per heavy atom. The number of fused-ring (bicyclic) bond motifs is 2. The number of rotatable bonds is 6. The third-order valence-electron chi connectivity index (χ3n) is 9.24. The zero-order valence-electron chi connectivity index (χ0n) is 26.3. The van der Waals surface area contributed by atoms with Crippen molar-refractivity contribution >= 4 is 27.8 Å². The largest absolute Gasteiger partial charge is 0.456 e. The molecule has 0 spiro atoms. The summed E-state index contributed by atoms with van der Waals surface area (Å²) in [5.74, 6) is 1.80.